The van der Waals surface area contributed by atoms with Crippen molar-refractivity contribution in [3.8, 4) is 0 Å². The van der Waals surface area contributed by atoms with Crippen molar-refractivity contribution in [2.24, 2.45) is 0 Å². The van der Waals surface area contributed by atoms with Gasteiger partial charge in [0, 0.05) is 21.5 Å². The molecule has 6 rings (SSSR count). The summed E-state index contributed by atoms with van der Waals surface area (Å²) in [5, 5.41) is 4.74. The number of carbonyl (C=O) groups is 2. The fourth-order valence-corrected chi connectivity index (χ4v) is 9.49. The van der Waals surface area contributed by atoms with Gasteiger partial charge in [0.2, 0.25) is 11.6 Å². The van der Waals surface area contributed by atoms with Gasteiger partial charge in [0.05, 0.1) is 0 Å². The summed E-state index contributed by atoms with van der Waals surface area (Å²) >= 11 is 0. The van der Waals surface area contributed by atoms with Crippen LogP contribution in [0.5, 0.6) is 0 Å². The Labute approximate surface area is 267 Å². The fourth-order valence-electron chi connectivity index (χ4n) is 4.98. The summed E-state index contributed by atoms with van der Waals surface area (Å²) in [6.45, 7) is -3.67. The molecule has 2 aliphatic rings. The van der Waals surface area contributed by atoms with Crippen LogP contribution in [0.2, 0.25) is 0 Å². The summed E-state index contributed by atoms with van der Waals surface area (Å²) < 4.78 is 63.1. The van der Waals surface area contributed by atoms with Crippen molar-refractivity contribution in [2.45, 2.75) is 32.4 Å². The summed E-state index contributed by atoms with van der Waals surface area (Å²) in [6.07, 6.45) is 5.25. The van der Waals surface area contributed by atoms with E-state index in [0.29, 0.717) is 33.4 Å². The largest absolute Gasteiger partial charge is 0.759 e. The summed E-state index contributed by atoms with van der Waals surface area (Å²) in [5.41, 5.74) is 1.77. The average Bonchev–Trinajstić information content (AvgIpc) is 3.70. The quantitative estimate of drug-likeness (QED) is 0.0968. The second kappa shape index (κ2) is 18.3. The molecule has 0 saturated carbocycles. The molecule has 4 aromatic carbocycles. The molecule has 0 spiro atoms. The van der Waals surface area contributed by atoms with E-state index in [0.717, 1.165) is 33.4 Å². The van der Waals surface area contributed by atoms with Crippen molar-refractivity contribution in [3.63, 3.8) is 0 Å². The third kappa shape index (κ3) is 14.0. The maximum absolute atomic E-state index is 12.3. The maximum Gasteiger partial charge on any atom is 0.379 e. The molecule has 4 aromatic rings. The van der Waals surface area contributed by atoms with Gasteiger partial charge in [0.25, 0.3) is 0 Å². The average molecular weight is 681 g/mol. The molecular weight excluding hydrogens is 646 g/mol. The van der Waals surface area contributed by atoms with E-state index in [4.69, 9.17) is 17.5 Å². The Morgan fingerprint density at radius 2 is 0.889 bits per heavy atom. The van der Waals surface area contributed by atoms with Crippen LogP contribution in [-0.2, 0) is 32.2 Å². The Balaban J connectivity index is 0.000000194. The van der Waals surface area contributed by atoms with Crippen LogP contribution in [0.3, 0.4) is 0 Å². The first-order chi connectivity index (χ1) is 21.4. The van der Waals surface area contributed by atoms with Gasteiger partial charge >= 0.3 is 6.68 Å². The zero-order chi connectivity index (χ0) is 32.8. The number of Topliss-reactive ketones (excluding diaryl/α,β-unsaturated/α-hetero) is 2. The minimum atomic E-state index is -5.17. The molecule has 0 amide bonds. The van der Waals surface area contributed by atoms with Gasteiger partial charge in [-0.3, -0.25) is 18.0 Å². The lowest BCUT2D eigenvalue weighted by molar-refractivity contribution is 0.00817. The van der Waals surface area contributed by atoms with Crippen molar-refractivity contribution in [3.05, 3.63) is 96.1 Å². The Hall–Kier alpha value is -2.90. The second-order valence-corrected chi connectivity index (χ2v) is 15.8. The number of ketones is 2. The minimum absolute atomic E-state index is 0.325. The molecule has 0 radical (unpaired) electrons. The Kier molecular flexibility index (Phi) is 14.9. The van der Waals surface area contributed by atoms with E-state index in [1.165, 1.54) is 59.5 Å². The SMILES string of the molecule is FC(F)F.O=C(C[S+]1CCCC1)c1ccc2ccccc2c1.O=C(C[S+]1CCCC1)c1ccc2ccccc2c1.O=S(=O)([O-])[O-]. The van der Waals surface area contributed by atoms with Crippen LogP contribution in [-0.4, -0.2) is 70.3 Å². The van der Waals surface area contributed by atoms with Crippen LogP contribution in [0.1, 0.15) is 46.4 Å². The molecule has 6 nitrogen and oxygen atoms in total. The molecule has 0 aromatic heterocycles. The number of rotatable bonds is 6. The highest BCUT2D eigenvalue weighted by atomic mass is 32.3. The van der Waals surface area contributed by atoms with E-state index in [1.807, 2.05) is 48.5 Å². The van der Waals surface area contributed by atoms with Gasteiger partial charge in [-0.1, -0.05) is 72.8 Å². The summed E-state index contributed by atoms with van der Waals surface area (Å²) in [7, 11) is -4.45. The van der Waals surface area contributed by atoms with Crippen LogP contribution in [0.25, 0.3) is 21.5 Å². The van der Waals surface area contributed by atoms with Gasteiger partial charge in [-0.2, -0.15) is 13.2 Å². The molecule has 0 atom stereocenters. The number of halogens is 3. The van der Waals surface area contributed by atoms with Gasteiger partial charge in [0.15, 0.2) is 11.5 Å². The van der Waals surface area contributed by atoms with Crippen LogP contribution < -0.4 is 0 Å². The number of fused-ring (bicyclic) bond motifs is 2. The molecule has 242 valence electrons. The molecule has 0 N–H and O–H groups in total. The summed E-state index contributed by atoms with van der Waals surface area (Å²) in [4.78, 5) is 24.5. The topological polar surface area (TPSA) is 114 Å². The van der Waals surface area contributed by atoms with E-state index in [2.05, 4.69) is 36.4 Å². The Bertz CT molecular complexity index is 1540. The summed E-state index contributed by atoms with van der Waals surface area (Å²) in [5.74, 6) is 7.23. The third-order valence-electron chi connectivity index (χ3n) is 7.05. The monoisotopic (exact) mass is 680 g/mol. The van der Waals surface area contributed by atoms with Crippen molar-refractivity contribution >= 4 is 65.3 Å². The van der Waals surface area contributed by atoms with E-state index in [-0.39, 0.29) is 0 Å². The number of benzene rings is 4. The number of hydrogen-bond donors (Lipinski definition) is 0. The van der Waals surface area contributed by atoms with Crippen molar-refractivity contribution in [1.82, 2.24) is 0 Å². The highest BCUT2D eigenvalue weighted by Crippen LogP contribution is 2.20. The van der Waals surface area contributed by atoms with Crippen LogP contribution in [0.15, 0.2) is 84.9 Å². The van der Waals surface area contributed by atoms with Gasteiger partial charge in [0.1, 0.15) is 23.0 Å². The first-order valence-electron chi connectivity index (χ1n) is 14.3. The molecular formula is C33H35F3O6S3. The molecule has 12 heteroatoms. The number of alkyl halides is 3. The Morgan fingerprint density at radius 1 is 0.600 bits per heavy atom. The van der Waals surface area contributed by atoms with Gasteiger partial charge in [-0.15, -0.1) is 0 Å². The zero-order valence-electron chi connectivity index (χ0n) is 24.5. The molecule has 2 heterocycles. The van der Waals surface area contributed by atoms with Gasteiger partial charge in [-0.25, -0.2) is 0 Å². The van der Waals surface area contributed by atoms with Crippen molar-refractivity contribution in [2.75, 3.05) is 34.5 Å². The first kappa shape index (κ1) is 36.6. The maximum atomic E-state index is 12.3. The first-order valence-corrected chi connectivity index (χ1v) is 19.1. The molecule has 0 aliphatic carbocycles. The van der Waals surface area contributed by atoms with E-state index >= 15 is 0 Å². The fraction of sp³-hybridized carbons (Fsp3) is 0.333. The lowest BCUT2D eigenvalue weighted by atomic mass is 10.1. The van der Waals surface area contributed by atoms with Crippen molar-refractivity contribution < 1.29 is 40.3 Å². The smallest absolute Gasteiger partial charge is 0.379 e. The zero-order valence-corrected chi connectivity index (χ0v) is 27.0. The molecule has 45 heavy (non-hydrogen) atoms. The predicted molar refractivity (Wildman–Crippen MR) is 177 cm³/mol. The highest BCUT2D eigenvalue weighted by Gasteiger charge is 2.28. The molecule has 2 saturated heterocycles. The number of carbonyl (C=O) groups excluding carboxylic acids is 2. The predicted octanol–water partition coefficient (Wildman–Crippen LogP) is 6.71. The molecule has 0 bridgehead atoms. The van der Waals surface area contributed by atoms with E-state index in [9.17, 15) is 22.8 Å². The Morgan fingerprint density at radius 3 is 1.20 bits per heavy atom. The molecule has 0 unspecified atom stereocenters. The minimum Gasteiger partial charge on any atom is -0.759 e. The molecule has 2 aliphatic heterocycles. The van der Waals surface area contributed by atoms with E-state index < -0.39 is 17.1 Å². The van der Waals surface area contributed by atoms with Crippen LogP contribution in [0, 0.1) is 0 Å². The van der Waals surface area contributed by atoms with Crippen LogP contribution in [0.4, 0.5) is 13.2 Å². The van der Waals surface area contributed by atoms with Crippen LogP contribution >= 0.6 is 0 Å². The third-order valence-corrected chi connectivity index (χ3v) is 11.9. The normalized spacial score (nSPS) is 15.1. The van der Waals surface area contributed by atoms with Gasteiger partial charge < -0.3 is 9.11 Å². The summed E-state index contributed by atoms with van der Waals surface area (Å²) in [6, 6.07) is 28.6. The lowest BCUT2D eigenvalue weighted by Gasteiger charge is -2.06. The van der Waals surface area contributed by atoms with Gasteiger partial charge in [-0.05, 0) is 81.2 Å². The van der Waals surface area contributed by atoms with Crippen molar-refractivity contribution in [1.29, 1.82) is 0 Å². The standard InChI is InChI=1S/2C16H17OS.CHF3.H2O4S/c2*17-16(12-18-9-3-4-10-18)15-8-7-13-5-1-2-6-14(13)11-15;2-1(3)4;1-5(2,3)4/h2*1-2,5-8,11H,3-4,9-10,12H2;1H;(H2,1,2,3,4)/q2*+1;;/p-2. The second-order valence-electron chi connectivity index (χ2n) is 10.4. The molecule has 2 fully saturated rings. The lowest BCUT2D eigenvalue weighted by Crippen LogP contribution is -2.17. The number of hydrogen-bond acceptors (Lipinski definition) is 6. The highest BCUT2D eigenvalue weighted by molar-refractivity contribution is 7.98. The van der Waals surface area contributed by atoms with E-state index in [1.54, 1.807) is 0 Å².